The molecule has 3 aromatic rings. The van der Waals surface area contributed by atoms with Crippen molar-refractivity contribution >= 4 is 11.7 Å². The molecular weight excluding hydrogens is 485 g/mol. The summed E-state index contributed by atoms with van der Waals surface area (Å²) in [5.74, 6) is -1.70. The summed E-state index contributed by atoms with van der Waals surface area (Å²) in [6.45, 7) is 2.27. The van der Waals surface area contributed by atoms with Crippen molar-refractivity contribution < 1.29 is 26.7 Å². The van der Waals surface area contributed by atoms with Crippen molar-refractivity contribution in [2.24, 2.45) is 0 Å². The zero-order valence-electron chi connectivity index (χ0n) is 19.2. The summed E-state index contributed by atoms with van der Waals surface area (Å²) in [4.78, 5) is 20.5. The highest BCUT2D eigenvalue weighted by Gasteiger charge is 2.40. The minimum absolute atomic E-state index is 0.0412. The van der Waals surface area contributed by atoms with Crippen molar-refractivity contribution in [3.05, 3.63) is 59.0 Å². The Kier molecular flexibility index (Phi) is 6.08. The summed E-state index contributed by atoms with van der Waals surface area (Å²) in [6.07, 6.45) is -1.41. The predicted octanol–water partition coefficient (Wildman–Crippen LogP) is 3.94. The Morgan fingerprint density at radius 2 is 1.72 bits per heavy atom. The molecule has 1 aliphatic carbocycles. The van der Waals surface area contributed by atoms with Gasteiger partial charge >= 0.3 is 6.18 Å². The van der Waals surface area contributed by atoms with Crippen molar-refractivity contribution in [3.8, 4) is 5.69 Å². The van der Waals surface area contributed by atoms with E-state index in [-0.39, 0.29) is 35.1 Å². The SMILES string of the molecule is Cc1nnnn1-c1ccc(C(=O)N(C2CC2)C2CCN(c3ncc(C(F)(F)F)cc3F)CC2)cc1F. The van der Waals surface area contributed by atoms with E-state index in [0.717, 1.165) is 12.8 Å². The predicted molar refractivity (Wildman–Crippen MR) is 117 cm³/mol. The van der Waals surface area contributed by atoms with Gasteiger partial charge in [-0.3, -0.25) is 4.79 Å². The van der Waals surface area contributed by atoms with Crippen LogP contribution in [0.3, 0.4) is 0 Å². The molecule has 0 atom stereocenters. The molecule has 2 fully saturated rings. The molecule has 2 aromatic heterocycles. The molecule has 0 bridgehead atoms. The third-order valence-corrected chi connectivity index (χ3v) is 6.53. The van der Waals surface area contributed by atoms with Gasteiger partial charge < -0.3 is 9.80 Å². The Bertz CT molecular complexity index is 1280. The molecule has 1 aromatic carbocycles. The van der Waals surface area contributed by atoms with Crippen LogP contribution in [0.5, 0.6) is 0 Å². The van der Waals surface area contributed by atoms with E-state index >= 15 is 0 Å². The van der Waals surface area contributed by atoms with Crippen LogP contribution in [0.2, 0.25) is 0 Å². The van der Waals surface area contributed by atoms with E-state index in [1.165, 1.54) is 22.9 Å². The highest BCUT2D eigenvalue weighted by molar-refractivity contribution is 5.95. The van der Waals surface area contributed by atoms with Gasteiger partial charge in [-0.1, -0.05) is 0 Å². The van der Waals surface area contributed by atoms with Crippen LogP contribution in [0.4, 0.5) is 27.8 Å². The van der Waals surface area contributed by atoms with E-state index in [0.29, 0.717) is 44.0 Å². The zero-order valence-corrected chi connectivity index (χ0v) is 19.2. The van der Waals surface area contributed by atoms with Gasteiger partial charge in [0, 0.05) is 36.9 Å². The molecule has 0 radical (unpaired) electrons. The number of rotatable bonds is 5. The summed E-state index contributed by atoms with van der Waals surface area (Å²) < 4.78 is 69.0. The van der Waals surface area contributed by atoms with Gasteiger partial charge in [0.15, 0.2) is 17.5 Å². The van der Waals surface area contributed by atoms with Crippen LogP contribution in [0.15, 0.2) is 30.5 Å². The fourth-order valence-corrected chi connectivity index (χ4v) is 4.57. The van der Waals surface area contributed by atoms with Gasteiger partial charge in [-0.15, -0.1) is 5.10 Å². The number of anilines is 1. The van der Waals surface area contributed by atoms with Gasteiger partial charge in [-0.25, -0.2) is 13.8 Å². The monoisotopic (exact) mass is 507 g/mol. The molecule has 5 rings (SSSR count). The highest BCUT2D eigenvalue weighted by atomic mass is 19.4. The minimum atomic E-state index is -4.67. The second-order valence-corrected chi connectivity index (χ2v) is 8.99. The van der Waals surface area contributed by atoms with Gasteiger partial charge in [0.05, 0.1) is 5.56 Å². The van der Waals surface area contributed by atoms with Crippen LogP contribution in [0, 0.1) is 18.6 Å². The van der Waals surface area contributed by atoms with Gasteiger partial charge in [0.2, 0.25) is 0 Å². The molecule has 0 unspecified atom stereocenters. The molecule has 1 aliphatic heterocycles. The fourth-order valence-electron chi connectivity index (χ4n) is 4.57. The number of pyridine rings is 1. The first-order chi connectivity index (χ1) is 17.1. The summed E-state index contributed by atoms with van der Waals surface area (Å²) in [5.41, 5.74) is -0.809. The Morgan fingerprint density at radius 1 is 1.03 bits per heavy atom. The first kappa shape index (κ1) is 24.1. The quantitative estimate of drug-likeness (QED) is 0.487. The fraction of sp³-hybridized carbons (Fsp3) is 0.435. The highest BCUT2D eigenvalue weighted by Crippen LogP contribution is 2.35. The smallest absolute Gasteiger partial charge is 0.354 e. The Balaban J connectivity index is 1.30. The van der Waals surface area contributed by atoms with Gasteiger partial charge in [0.1, 0.15) is 11.5 Å². The normalized spacial score (nSPS) is 16.9. The zero-order chi connectivity index (χ0) is 25.6. The molecule has 1 amide bonds. The average molecular weight is 507 g/mol. The summed E-state index contributed by atoms with van der Waals surface area (Å²) in [7, 11) is 0. The van der Waals surface area contributed by atoms with E-state index < -0.39 is 23.4 Å². The lowest BCUT2D eigenvalue weighted by Crippen LogP contribution is -2.48. The number of alkyl halides is 3. The van der Waals surface area contributed by atoms with E-state index in [2.05, 4.69) is 20.5 Å². The molecule has 36 heavy (non-hydrogen) atoms. The number of piperidine rings is 1. The Labute approximate surface area is 202 Å². The average Bonchev–Trinajstić information content (AvgIpc) is 3.58. The van der Waals surface area contributed by atoms with Crippen LogP contribution in [-0.4, -0.2) is 61.2 Å². The molecular formula is C23H22F5N7O. The number of tetrazole rings is 1. The number of carbonyl (C=O) groups is 1. The van der Waals surface area contributed by atoms with Crippen molar-refractivity contribution in [1.29, 1.82) is 0 Å². The van der Waals surface area contributed by atoms with E-state index in [1.54, 1.807) is 16.7 Å². The molecule has 1 saturated carbocycles. The summed E-state index contributed by atoms with van der Waals surface area (Å²) in [5, 5.41) is 11.0. The van der Waals surface area contributed by atoms with Crippen molar-refractivity contribution in [2.45, 2.75) is 50.9 Å². The number of aryl methyl sites for hydroxylation is 1. The molecule has 0 N–H and O–H groups in total. The summed E-state index contributed by atoms with van der Waals surface area (Å²) >= 11 is 0. The van der Waals surface area contributed by atoms with Gasteiger partial charge in [0.25, 0.3) is 5.91 Å². The standard InChI is InChI=1S/C23H22F5N7O/c1-13-30-31-32-35(13)20-5-2-14(10-18(20)24)22(36)34(16-3-4-16)17-6-8-33(9-7-17)21-19(25)11-15(12-29-21)23(26,27)28/h2,5,10-12,16-17H,3-4,6-9H2,1H3. The number of amides is 1. The molecule has 3 heterocycles. The number of nitrogens with zero attached hydrogens (tertiary/aromatic N) is 7. The number of hydrogen-bond donors (Lipinski definition) is 0. The maximum absolute atomic E-state index is 14.8. The maximum atomic E-state index is 14.8. The second kappa shape index (κ2) is 9.10. The van der Waals surface area contributed by atoms with Crippen molar-refractivity contribution in [2.75, 3.05) is 18.0 Å². The van der Waals surface area contributed by atoms with E-state index in [1.807, 2.05) is 0 Å². The number of aromatic nitrogens is 5. The van der Waals surface area contributed by atoms with Crippen LogP contribution >= 0.6 is 0 Å². The van der Waals surface area contributed by atoms with Crippen LogP contribution < -0.4 is 4.90 Å². The lowest BCUT2D eigenvalue weighted by molar-refractivity contribution is -0.138. The Morgan fingerprint density at radius 3 is 2.28 bits per heavy atom. The first-order valence-electron chi connectivity index (χ1n) is 11.5. The van der Waals surface area contributed by atoms with Gasteiger partial charge in [-0.2, -0.15) is 17.9 Å². The topological polar surface area (TPSA) is 80.0 Å². The molecule has 8 nitrogen and oxygen atoms in total. The minimum Gasteiger partial charge on any atom is -0.354 e. The lowest BCUT2D eigenvalue weighted by Gasteiger charge is -2.39. The van der Waals surface area contributed by atoms with Crippen molar-refractivity contribution in [1.82, 2.24) is 30.1 Å². The van der Waals surface area contributed by atoms with E-state index in [4.69, 9.17) is 0 Å². The number of benzene rings is 1. The first-order valence-corrected chi connectivity index (χ1v) is 11.5. The molecule has 1 saturated heterocycles. The number of carbonyl (C=O) groups excluding carboxylic acids is 1. The maximum Gasteiger partial charge on any atom is 0.417 e. The third-order valence-electron chi connectivity index (χ3n) is 6.53. The van der Waals surface area contributed by atoms with Crippen LogP contribution in [-0.2, 0) is 6.18 Å². The number of halogens is 5. The second-order valence-electron chi connectivity index (χ2n) is 8.99. The third kappa shape index (κ3) is 4.61. The Hall–Kier alpha value is -3.64. The van der Waals surface area contributed by atoms with Gasteiger partial charge in [-0.05, 0) is 67.3 Å². The molecule has 2 aliphatic rings. The van der Waals surface area contributed by atoms with Crippen LogP contribution in [0.25, 0.3) is 5.69 Å². The van der Waals surface area contributed by atoms with Crippen molar-refractivity contribution in [3.63, 3.8) is 0 Å². The molecule has 13 heteroatoms. The largest absolute Gasteiger partial charge is 0.417 e. The molecule has 190 valence electrons. The van der Waals surface area contributed by atoms with E-state index in [9.17, 15) is 26.7 Å². The summed E-state index contributed by atoms with van der Waals surface area (Å²) in [6, 6.07) is 4.49. The van der Waals surface area contributed by atoms with Crippen LogP contribution in [0.1, 0.15) is 47.4 Å². The lowest BCUT2D eigenvalue weighted by atomic mass is 10.0. The number of hydrogen-bond acceptors (Lipinski definition) is 6. The molecule has 0 spiro atoms.